The number of hydrogen-bond donors (Lipinski definition) is 2. The van der Waals surface area contributed by atoms with Gasteiger partial charge in [0.2, 0.25) is 0 Å². The number of hydrogen-bond acceptors (Lipinski definition) is 5. The number of alkyl halides is 2. The van der Waals surface area contributed by atoms with Crippen LogP contribution in [0.2, 0.25) is 5.15 Å². The molecule has 0 atom stereocenters. The van der Waals surface area contributed by atoms with E-state index in [0.717, 1.165) is 48.2 Å². The Balaban J connectivity index is 1.50. The molecule has 8 heteroatoms. The summed E-state index contributed by atoms with van der Waals surface area (Å²) in [5.74, 6) is -2.54. The number of likely N-dealkylation sites (tertiary alicyclic amines) is 1. The first-order valence-electron chi connectivity index (χ1n) is 10.9. The van der Waals surface area contributed by atoms with Crippen molar-refractivity contribution < 1.29 is 13.9 Å². The fourth-order valence-corrected chi connectivity index (χ4v) is 4.53. The molecule has 0 bridgehead atoms. The van der Waals surface area contributed by atoms with Crippen LogP contribution in [-0.2, 0) is 6.54 Å². The number of piperidine rings is 1. The minimum absolute atomic E-state index is 0.0889. The van der Waals surface area contributed by atoms with Gasteiger partial charge in [-0.05, 0) is 56.4 Å². The van der Waals surface area contributed by atoms with E-state index < -0.39 is 11.5 Å². The van der Waals surface area contributed by atoms with Crippen LogP contribution in [0.5, 0.6) is 0 Å². The molecule has 4 rings (SSSR count). The molecule has 3 heterocycles. The maximum atomic E-state index is 13.4. The number of rotatable bonds is 5. The molecule has 1 aliphatic heterocycles. The van der Waals surface area contributed by atoms with Crippen LogP contribution in [0.15, 0.2) is 30.6 Å². The quantitative estimate of drug-likeness (QED) is 0.618. The number of anilines is 1. The second kappa shape index (κ2) is 8.96. The Labute approximate surface area is 186 Å². The largest absolute Gasteiger partial charge is 0.390 e. The molecule has 1 saturated carbocycles. The Morgan fingerprint density at radius 2 is 1.87 bits per heavy atom. The van der Waals surface area contributed by atoms with Gasteiger partial charge in [-0.1, -0.05) is 11.6 Å². The fourth-order valence-electron chi connectivity index (χ4n) is 4.37. The van der Waals surface area contributed by atoms with E-state index >= 15 is 0 Å². The average Bonchev–Trinajstić information content (AvgIpc) is 2.72. The predicted octanol–water partition coefficient (Wildman–Crippen LogP) is 5.13. The van der Waals surface area contributed by atoms with Gasteiger partial charge >= 0.3 is 0 Å². The Morgan fingerprint density at radius 3 is 2.58 bits per heavy atom. The molecule has 0 aromatic carbocycles. The normalized spacial score (nSPS) is 26.5. The van der Waals surface area contributed by atoms with Gasteiger partial charge in [0.05, 0.1) is 11.3 Å². The molecular formula is C23H29ClF2N4O. The lowest BCUT2D eigenvalue weighted by molar-refractivity contribution is -0.0566. The number of nitrogens with one attached hydrogen (secondary N) is 1. The highest BCUT2D eigenvalue weighted by Gasteiger charge is 2.34. The summed E-state index contributed by atoms with van der Waals surface area (Å²) in [5, 5.41) is 14.2. The first-order chi connectivity index (χ1) is 14.7. The molecule has 2 aliphatic rings. The summed E-state index contributed by atoms with van der Waals surface area (Å²) >= 11 is 6.17. The first-order valence-corrected chi connectivity index (χ1v) is 11.3. The third-order valence-electron chi connectivity index (χ3n) is 6.39. The van der Waals surface area contributed by atoms with Crippen molar-refractivity contribution in [2.45, 2.75) is 69.6 Å². The van der Waals surface area contributed by atoms with Gasteiger partial charge in [-0.2, -0.15) is 0 Å². The van der Waals surface area contributed by atoms with E-state index in [9.17, 15) is 13.9 Å². The highest BCUT2D eigenvalue weighted by molar-refractivity contribution is 6.29. The van der Waals surface area contributed by atoms with Crippen LogP contribution in [0.4, 0.5) is 14.5 Å². The summed E-state index contributed by atoms with van der Waals surface area (Å²) < 4.78 is 26.9. The third kappa shape index (κ3) is 5.90. The molecule has 5 nitrogen and oxygen atoms in total. The smallest absolute Gasteiger partial charge is 0.250 e. The molecule has 1 saturated heterocycles. The number of pyridine rings is 2. The minimum atomic E-state index is -2.54. The van der Waals surface area contributed by atoms with Gasteiger partial charge in [0.1, 0.15) is 5.15 Å². The lowest BCUT2D eigenvalue weighted by atomic mass is 9.83. The molecule has 0 amide bonds. The van der Waals surface area contributed by atoms with E-state index in [2.05, 4.69) is 20.2 Å². The van der Waals surface area contributed by atoms with E-state index in [1.807, 2.05) is 25.1 Å². The van der Waals surface area contributed by atoms with Crippen molar-refractivity contribution >= 4 is 17.3 Å². The lowest BCUT2D eigenvalue weighted by Crippen LogP contribution is -2.38. The van der Waals surface area contributed by atoms with Crippen molar-refractivity contribution in [1.82, 2.24) is 14.9 Å². The SMILES string of the molecule is CC1(O)CCC(Nc2cc(Cl)ncc2-c2cc(CN3CCC(F)(F)CC3)ccn2)CC1. The summed E-state index contributed by atoms with van der Waals surface area (Å²) in [6.45, 7) is 3.29. The number of halogens is 3. The molecule has 31 heavy (non-hydrogen) atoms. The molecule has 2 aromatic heterocycles. The van der Waals surface area contributed by atoms with Gasteiger partial charge in [-0.15, -0.1) is 0 Å². The number of nitrogens with zero attached hydrogens (tertiary/aromatic N) is 3. The van der Waals surface area contributed by atoms with Gasteiger partial charge in [0.25, 0.3) is 5.92 Å². The maximum Gasteiger partial charge on any atom is 0.250 e. The van der Waals surface area contributed by atoms with Gasteiger partial charge in [0.15, 0.2) is 0 Å². The van der Waals surface area contributed by atoms with Crippen LogP contribution in [0.1, 0.15) is 51.0 Å². The van der Waals surface area contributed by atoms with Crippen LogP contribution in [0.3, 0.4) is 0 Å². The summed E-state index contributed by atoms with van der Waals surface area (Å²) in [4.78, 5) is 10.8. The van der Waals surface area contributed by atoms with Crippen LogP contribution in [0.25, 0.3) is 11.3 Å². The summed E-state index contributed by atoms with van der Waals surface area (Å²) in [6.07, 6.45) is 6.54. The zero-order valence-corrected chi connectivity index (χ0v) is 18.5. The summed E-state index contributed by atoms with van der Waals surface area (Å²) in [6, 6.07) is 5.98. The predicted molar refractivity (Wildman–Crippen MR) is 118 cm³/mol. The Hall–Kier alpha value is -1.83. The second-order valence-corrected chi connectivity index (χ2v) is 9.54. The van der Waals surface area contributed by atoms with Gasteiger partial charge in [-0.3, -0.25) is 9.88 Å². The van der Waals surface area contributed by atoms with Crippen molar-refractivity contribution in [2.75, 3.05) is 18.4 Å². The molecule has 168 valence electrons. The van der Waals surface area contributed by atoms with Crippen LogP contribution in [0, 0.1) is 0 Å². The number of aliphatic hydroxyl groups is 1. The number of aromatic nitrogens is 2. The Morgan fingerprint density at radius 1 is 1.16 bits per heavy atom. The minimum Gasteiger partial charge on any atom is -0.390 e. The molecule has 1 aliphatic carbocycles. The molecule has 2 aromatic rings. The van der Waals surface area contributed by atoms with E-state index in [-0.39, 0.29) is 18.9 Å². The highest BCUT2D eigenvalue weighted by atomic mass is 35.5. The van der Waals surface area contributed by atoms with Crippen molar-refractivity contribution in [3.05, 3.63) is 41.3 Å². The fraction of sp³-hybridized carbons (Fsp3) is 0.565. The second-order valence-electron chi connectivity index (χ2n) is 9.15. The zero-order chi connectivity index (χ0) is 22.1. The Bertz CT molecular complexity index is 904. The zero-order valence-electron chi connectivity index (χ0n) is 17.8. The average molecular weight is 451 g/mol. The van der Waals surface area contributed by atoms with E-state index in [1.54, 1.807) is 12.4 Å². The van der Waals surface area contributed by atoms with Crippen molar-refractivity contribution in [3.63, 3.8) is 0 Å². The molecule has 2 N–H and O–H groups in total. The molecule has 2 fully saturated rings. The lowest BCUT2D eigenvalue weighted by Gasteiger charge is -2.34. The summed E-state index contributed by atoms with van der Waals surface area (Å²) in [5.41, 5.74) is 2.94. The van der Waals surface area contributed by atoms with Crippen molar-refractivity contribution in [3.8, 4) is 11.3 Å². The monoisotopic (exact) mass is 450 g/mol. The van der Waals surface area contributed by atoms with Gasteiger partial charge in [0, 0.05) is 62.2 Å². The standard InChI is InChI=1S/C23H29ClF2N4O/c1-22(31)5-2-17(3-6-22)29-20-13-21(24)28-14-18(20)19-12-16(4-9-27-19)15-30-10-7-23(25,26)8-11-30/h4,9,12-14,17,31H,2-3,5-8,10-11,15H2,1H3,(H,28,29). The third-order valence-corrected chi connectivity index (χ3v) is 6.59. The van der Waals surface area contributed by atoms with Crippen LogP contribution < -0.4 is 5.32 Å². The van der Waals surface area contributed by atoms with Crippen LogP contribution in [-0.4, -0.2) is 50.6 Å². The summed E-state index contributed by atoms with van der Waals surface area (Å²) in [7, 11) is 0. The topological polar surface area (TPSA) is 61.3 Å². The molecule has 0 unspecified atom stereocenters. The maximum absolute atomic E-state index is 13.4. The highest BCUT2D eigenvalue weighted by Crippen LogP contribution is 2.34. The first kappa shape index (κ1) is 22.4. The van der Waals surface area contributed by atoms with E-state index in [0.29, 0.717) is 24.8 Å². The Kier molecular flexibility index (Phi) is 6.47. The van der Waals surface area contributed by atoms with Gasteiger partial charge < -0.3 is 10.4 Å². The molecule has 0 spiro atoms. The van der Waals surface area contributed by atoms with Gasteiger partial charge in [-0.25, -0.2) is 13.8 Å². The van der Waals surface area contributed by atoms with Crippen LogP contribution >= 0.6 is 11.6 Å². The van der Waals surface area contributed by atoms with Crippen molar-refractivity contribution in [1.29, 1.82) is 0 Å². The van der Waals surface area contributed by atoms with Crippen molar-refractivity contribution in [2.24, 2.45) is 0 Å². The van der Waals surface area contributed by atoms with E-state index in [1.165, 1.54) is 0 Å². The molecular weight excluding hydrogens is 422 g/mol. The van der Waals surface area contributed by atoms with E-state index in [4.69, 9.17) is 11.6 Å². The molecule has 0 radical (unpaired) electrons.